The van der Waals surface area contributed by atoms with Gasteiger partial charge in [0.2, 0.25) is 0 Å². The first-order chi connectivity index (χ1) is 14.6. The molecule has 0 spiro atoms. The van der Waals surface area contributed by atoms with Crippen LogP contribution in [-0.4, -0.2) is 45.6 Å². The minimum atomic E-state index is -1.15. The van der Waals surface area contributed by atoms with Crippen LogP contribution in [0, 0.1) is 5.92 Å². The average Bonchev–Trinajstić information content (AvgIpc) is 2.80. The highest BCUT2D eigenvalue weighted by Crippen LogP contribution is 2.33. The van der Waals surface area contributed by atoms with Gasteiger partial charge in [-0.3, -0.25) is 9.59 Å². The van der Waals surface area contributed by atoms with Crippen molar-refractivity contribution in [3.05, 3.63) is 54.6 Å². The minimum absolute atomic E-state index is 0.468. The molecule has 1 aliphatic rings. The average molecular weight is 415 g/mol. The SMILES string of the molecule is COC(=O)C(C(=O)OC)[C@H]1CC[C@H](OC)ON1c1ccc(Oc2ccccc2)cc1. The number of ether oxygens (including phenoxy) is 4. The van der Waals surface area contributed by atoms with Crippen LogP contribution in [0.25, 0.3) is 0 Å². The first kappa shape index (κ1) is 21.6. The lowest BCUT2D eigenvalue weighted by Gasteiger charge is -2.41. The Kier molecular flexibility index (Phi) is 7.26. The van der Waals surface area contributed by atoms with Crippen LogP contribution in [0.15, 0.2) is 54.6 Å². The minimum Gasteiger partial charge on any atom is -0.468 e. The number of carbonyl (C=O) groups is 2. The van der Waals surface area contributed by atoms with E-state index in [1.165, 1.54) is 26.4 Å². The number of hydrogen-bond donors (Lipinski definition) is 0. The van der Waals surface area contributed by atoms with Gasteiger partial charge in [0.25, 0.3) is 0 Å². The van der Waals surface area contributed by atoms with E-state index in [4.69, 9.17) is 23.8 Å². The van der Waals surface area contributed by atoms with Crippen LogP contribution in [0.3, 0.4) is 0 Å². The van der Waals surface area contributed by atoms with Gasteiger partial charge in [-0.1, -0.05) is 18.2 Å². The van der Waals surface area contributed by atoms with Crippen LogP contribution in [0.5, 0.6) is 11.5 Å². The van der Waals surface area contributed by atoms with Gasteiger partial charge in [-0.25, -0.2) is 9.90 Å². The topological polar surface area (TPSA) is 83.5 Å². The number of methoxy groups -OCH3 is 3. The van der Waals surface area contributed by atoms with E-state index in [9.17, 15) is 9.59 Å². The van der Waals surface area contributed by atoms with Gasteiger partial charge in [0.1, 0.15) is 11.5 Å². The summed E-state index contributed by atoms with van der Waals surface area (Å²) in [4.78, 5) is 30.6. The summed E-state index contributed by atoms with van der Waals surface area (Å²) in [6.45, 7) is 0. The van der Waals surface area contributed by atoms with Crippen molar-refractivity contribution in [1.29, 1.82) is 0 Å². The maximum atomic E-state index is 12.3. The second-order valence-corrected chi connectivity index (χ2v) is 6.67. The van der Waals surface area contributed by atoms with Gasteiger partial charge in [-0.05, 0) is 42.8 Å². The zero-order valence-corrected chi connectivity index (χ0v) is 17.1. The number of hydroxylamine groups is 1. The Morgan fingerprint density at radius 1 is 0.900 bits per heavy atom. The van der Waals surface area contributed by atoms with E-state index in [0.29, 0.717) is 30.0 Å². The summed E-state index contributed by atoms with van der Waals surface area (Å²) >= 11 is 0. The summed E-state index contributed by atoms with van der Waals surface area (Å²) in [5.74, 6) is -1.16. The normalized spacial score (nSPS) is 18.7. The largest absolute Gasteiger partial charge is 0.468 e. The number of carbonyl (C=O) groups excluding carboxylic acids is 2. The van der Waals surface area contributed by atoms with Crippen LogP contribution in [0.4, 0.5) is 5.69 Å². The lowest BCUT2D eigenvalue weighted by atomic mass is 9.93. The van der Waals surface area contributed by atoms with Gasteiger partial charge in [0, 0.05) is 13.5 Å². The molecule has 0 unspecified atom stereocenters. The molecule has 1 aliphatic heterocycles. The van der Waals surface area contributed by atoms with E-state index in [2.05, 4.69) is 0 Å². The lowest BCUT2D eigenvalue weighted by Crippen LogP contribution is -2.52. The van der Waals surface area contributed by atoms with Crippen molar-refractivity contribution < 1.29 is 33.4 Å². The zero-order valence-electron chi connectivity index (χ0n) is 17.1. The van der Waals surface area contributed by atoms with E-state index in [1.807, 2.05) is 30.3 Å². The molecule has 3 rings (SSSR count). The molecule has 30 heavy (non-hydrogen) atoms. The summed E-state index contributed by atoms with van der Waals surface area (Å²) < 4.78 is 20.8. The Morgan fingerprint density at radius 3 is 2.07 bits per heavy atom. The fraction of sp³-hybridized carbons (Fsp3) is 0.364. The van der Waals surface area contributed by atoms with Crippen LogP contribution >= 0.6 is 0 Å². The molecule has 0 bridgehead atoms. The summed E-state index contributed by atoms with van der Waals surface area (Å²) in [5, 5.41) is 1.52. The molecule has 8 heteroatoms. The maximum Gasteiger partial charge on any atom is 0.322 e. The van der Waals surface area contributed by atoms with E-state index >= 15 is 0 Å². The molecule has 0 radical (unpaired) electrons. The van der Waals surface area contributed by atoms with E-state index in [0.717, 1.165) is 0 Å². The number of hydrogen-bond acceptors (Lipinski definition) is 8. The van der Waals surface area contributed by atoms with Crippen LogP contribution in [-0.2, 0) is 28.6 Å². The molecule has 0 aliphatic carbocycles. The number of esters is 2. The van der Waals surface area contributed by atoms with Crippen molar-refractivity contribution >= 4 is 17.6 Å². The van der Waals surface area contributed by atoms with Crippen molar-refractivity contribution in [1.82, 2.24) is 0 Å². The standard InChI is InChI=1S/C22H25NO7/c1-26-19-14-13-18(20(21(24)27-2)22(25)28-3)23(30-19)15-9-11-17(12-10-15)29-16-7-5-4-6-8-16/h4-12,18-20H,13-14H2,1-3H3/t18-,19-/m1/s1. The van der Waals surface area contributed by atoms with Crippen LogP contribution < -0.4 is 9.80 Å². The molecule has 8 nitrogen and oxygen atoms in total. The predicted octanol–water partition coefficient (Wildman–Crippen LogP) is 3.31. The van der Waals surface area contributed by atoms with Gasteiger partial charge in [-0.15, -0.1) is 0 Å². The third-order valence-corrected chi connectivity index (χ3v) is 4.86. The molecule has 2 aromatic rings. The molecule has 1 fully saturated rings. The maximum absolute atomic E-state index is 12.3. The molecule has 160 valence electrons. The van der Waals surface area contributed by atoms with Crippen LogP contribution in [0.2, 0.25) is 0 Å². The third kappa shape index (κ3) is 4.90. The quantitative estimate of drug-likeness (QED) is 0.503. The van der Waals surface area contributed by atoms with Gasteiger partial charge < -0.3 is 18.9 Å². The molecule has 0 N–H and O–H groups in total. The molecule has 0 aromatic heterocycles. The molecule has 1 heterocycles. The second kappa shape index (κ2) is 10.1. The molecule has 2 atom stereocenters. The van der Waals surface area contributed by atoms with Crippen molar-refractivity contribution in [2.45, 2.75) is 25.2 Å². The molecule has 1 saturated heterocycles. The predicted molar refractivity (Wildman–Crippen MR) is 108 cm³/mol. The van der Waals surface area contributed by atoms with Crippen molar-refractivity contribution in [2.24, 2.45) is 5.92 Å². The highest BCUT2D eigenvalue weighted by Gasteiger charge is 2.44. The van der Waals surface area contributed by atoms with Gasteiger partial charge in [-0.2, -0.15) is 0 Å². The molecular weight excluding hydrogens is 390 g/mol. The number of benzene rings is 2. The molecule has 0 amide bonds. The highest BCUT2D eigenvalue weighted by molar-refractivity contribution is 5.96. The van der Waals surface area contributed by atoms with Gasteiger partial charge >= 0.3 is 11.9 Å². The third-order valence-electron chi connectivity index (χ3n) is 4.86. The Balaban J connectivity index is 1.86. The van der Waals surface area contributed by atoms with E-state index < -0.39 is 30.2 Å². The Hall–Kier alpha value is -3.10. The second-order valence-electron chi connectivity index (χ2n) is 6.67. The van der Waals surface area contributed by atoms with Crippen molar-refractivity contribution in [3.8, 4) is 11.5 Å². The summed E-state index contributed by atoms with van der Waals surface area (Å²) in [6.07, 6.45) is 0.477. The molecule has 0 saturated carbocycles. The Bertz CT molecular complexity index is 824. The van der Waals surface area contributed by atoms with E-state index in [-0.39, 0.29) is 0 Å². The Morgan fingerprint density at radius 2 is 1.50 bits per heavy atom. The van der Waals surface area contributed by atoms with Gasteiger partial charge in [0.05, 0.1) is 25.9 Å². The Labute approximate surface area is 175 Å². The van der Waals surface area contributed by atoms with Crippen LogP contribution in [0.1, 0.15) is 12.8 Å². The summed E-state index contributed by atoms with van der Waals surface area (Å²) in [6, 6.07) is 15.9. The monoisotopic (exact) mass is 415 g/mol. The van der Waals surface area contributed by atoms with E-state index in [1.54, 1.807) is 24.3 Å². The highest BCUT2D eigenvalue weighted by atomic mass is 16.8. The lowest BCUT2D eigenvalue weighted by molar-refractivity contribution is -0.181. The molecular formula is C22H25NO7. The first-order valence-electron chi connectivity index (χ1n) is 9.54. The summed E-state index contributed by atoms with van der Waals surface area (Å²) in [7, 11) is 4.01. The fourth-order valence-electron chi connectivity index (χ4n) is 3.35. The zero-order chi connectivity index (χ0) is 21.5. The fourth-order valence-corrected chi connectivity index (χ4v) is 3.35. The first-order valence-corrected chi connectivity index (χ1v) is 9.54. The van der Waals surface area contributed by atoms with Crippen molar-refractivity contribution in [2.75, 3.05) is 26.4 Å². The smallest absolute Gasteiger partial charge is 0.322 e. The van der Waals surface area contributed by atoms with Crippen molar-refractivity contribution in [3.63, 3.8) is 0 Å². The number of para-hydroxylation sites is 1. The van der Waals surface area contributed by atoms with Gasteiger partial charge in [0.15, 0.2) is 12.2 Å². The number of nitrogens with zero attached hydrogens (tertiary/aromatic N) is 1. The molecule has 2 aromatic carbocycles. The number of anilines is 1. The number of rotatable bonds is 7. The summed E-state index contributed by atoms with van der Waals surface area (Å²) in [5.41, 5.74) is 0.639.